The van der Waals surface area contributed by atoms with E-state index in [0.29, 0.717) is 39.8 Å². The first kappa shape index (κ1) is 22.9. The Balaban J connectivity index is 1.38. The molecule has 1 amide bonds. The molecule has 9 nitrogen and oxygen atoms in total. The molecular weight excluding hydrogens is 490 g/mol. The van der Waals surface area contributed by atoms with E-state index in [1.54, 1.807) is 12.1 Å². The van der Waals surface area contributed by atoms with E-state index in [2.05, 4.69) is 9.71 Å². The summed E-state index contributed by atoms with van der Waals surface area (Å²) in [6.07, 6.45) is 0. The van der Waals surface area contributed by atoms with Crippen LogP contribution in [-0.2, 0) is 16.6 Å². The molecule has 0 fully saturated rings. The average Bonchev–Trinajstić information content (AvgIpc) is 3.45. The quantitative estimate of drug-likeness (QED) is 0.419. The number of methoxy groups -OCH3 is 1. The van der Waals surface area contributed by atoms with E-state index in [-0.39, 0.29) is 11.7 Å². The molecule has 180 valence electrons. The van der Waals surface area contributed by atoms with E-state index in [4.69, 9.17) is 14.2 Å². The number of rotatable bonds is 6. The maximum absolute atomic E-state index is 12.9. The Kier molecular flexibility index (Phi) is 5.95. The molecule has 2 heterocycles. The number of amides is 1. The largest absolute Gasteiger partial charge is 0.497 e. The van der Waals surface area contributed by atoms with Crippen molar-refractivity contribution in [2.45, 2.75) is 18.4 Å². The molecule has 0 bridgehead atoms. The highest BCUT2D eigenvalue weighted by Gasteiger charge is 2.18. The Bertz CT molecular complexity index is 1590. The zero-order chi connectivity index (χ0) is 24.6. The number of benzene rings is 3. The lowest BCUT2D eigenvalue weighted by Crippen LogP contribution is -2.16. The molecule has 4 aromatic rings. The van der Waals surface area contributed by atoms with Crippen molar-refractivity contribution in [3.63, 3.8) is 0 Å². The first-order valence-corrected chi connectivity index (χ1v) is 13.0. The Morgan fingerprint density at radius 3 is 2.43 bits per heavy atom. The van der Waals surface area contributed by atoms with Crippen molar-refractivity contribution in [3.8, 4) is 17.2 Å². The topological polar surface area (TPSA) is 108 Å². The number of carbonyl (C=O) groups excluding carboxylic acids is 1. The smallest absolute Gasteiger partial charge is 0.279 e. The second-order valence-corrected chi connectivity index (χ2v) is 10.3. The molecule has 11 heteroatoms. The van der Waals surface area contributed by atoms with E-state index in [1.165, 1.54) is 54.8 Å². The molecule has 0 saturated carbocycles. The fourth-order valence-electron chi connectivity index (χ4n) is 3.65. The van der Waals surface area contributed by atoms with Gasteiger partial charge in [-0.2, -0.15) is 4.99 Å². The van der Waals surface area contributed by atoms with E-state index >= 15 is 0 Å². The summed E-state index contributed by atoms with van der Waals surface area (Å²) < 4.78 is 46.6. The Labute approximate surface area is 205 Å². The van der Waals surface area contributed by atoms with Crippen LogP contribution in [0, 0.1) is 0 Å². The minimum Gasteiger partial charge on any atom is -0.497 e. The van der Waals surface area contributed by atoms with Crippen LogP contribution >= 0.6 is 11.3 Å². The number of anilines is 1. The van der Waals surface area contributed by atoms with E-state index < -0.39 is 15.9 Å². The van der Waals surface area contributed by atoms with E-state index in [1.807, 2.05) is 23.6 Å². The number of hydrogen-bond acceptors (Lipinski definition) is 7. The molecule has 1 aromatic heterocycles. The number of fused-ring (bicyclic) bond motifs is 2. The van der Waals surface area contributed by atoms with Crippen LogP contribution < -0.4 is 23.7 Å². The summed E-state index contributed by atoms with van der Waals surface area (Å²) in [6, 6.07) is 16.0. The van der Waals surface area contributed by atoms with Crippen molar-refractivity contribution < 1.29 is 27.4 Å². The van der Waals surface area contributed by atoms with Crippen LogP contribution in [0.2, 0.25) is 0 Å². The number of nitrogens with zero attached hydrogens (tertiary/aromatic N) is 2. The molecule has 1 N–H and O–H groups in total. The third kappa shape index (κ3) is 4.47. The summed E-state index contributed by atoms with van der Waals surface area (Å²) in [5, 5.41) is 0. The van der Waals surface area contributed by atoms with E-state index in [0.717, 1.165) is 10.2 Å². The number of sulfonamides is 1. The highest BCUT2D eigenvalue weighted by atomic mass is 32.2. The Morgan fingerprint density at radius 2 is 1.77 bits per heavy atom. The van der Waals surface area contributed by atoms with Gasteiger partial charge in [0.15, 0.2) is 16.3 Å². The molecule has 3 aromatic carbocycles. The Hall–Kier alpha value is -3.83. The first-order valence-electron chi connectivity index (χ1n) is 10.7. The second-order valence-electron chi connectivity index (χ2n) is 7.58. The predicted octanol–water partition coefficient (Wildman–Crippen LogP) is 4.00. The molecule has 1 aliphatic heterocycles. The molecule has 1 aliphatic rings. The van der Waals surface area contributed by atoms with Gasteiger partial charge in [0.1, 0.15) is 5.75 Å². The molecule has 0 aliphatic carbocycles. The van der Waals surface area contributed by atoms with Gasteiger partial charge in [-0.1, -0.05) is 11.3 Å². The summed E-state index contributed by atoms with van der Waals surface area (Å²) >= 11 is 1.39. The van der Waals surface area contributed by atoms with Crippen molar-refractivity contribution in [2.24, 2.45) is 4.99 Å². The summed E-state index contributed by atoms with van der Waals surface area (Å²) in [7, 11) is -2.28. The number of aryl methyl sites for hydroxylation is 1. The number of ether oxygens (including phenoxy) is 3. The highest BCUT2D eigenvalue weighted by molar-refractivity contribution is 7.92. The van der Waals surface area contributed by atoms with Crippen LogP contribution in [0.3, 0.4) is 0 Å². The van der Waals surface area contributed by atoms with Gasteiger partial charge < -0.3 is 18.8 Å². The summed E-state index contributed by atoms with van der Waals surface area (Å²) in [4.78, 5) is 17.8. The summed E-state index contributed by atoms with van der Waals surface area (Å²) in [5.41, 5.74) is 1.58. The van der Waals surface area contributed by atoms with Crippen molar-refractivity contribution in [3.05, 3.63) is 71.0 Å². The molecule has 5 rings (SSSR count). The van der Waals surface area contributed by atoms with Gasteiger partial charge in [-0.15, -0.1) is 0 Å². The lowest BCUT2D eigenvalue weighted by atomic mass is 10.2. The number of hydrogen-bond donors (Lipinski definition) is 1. The first-order chi connectivity index (χ1) is 16.9. The highest BCUT2D eigenvalue weighted by Crippen LogP contribution is 2.37. The monoisotopic (exact) mass is 511 g/mol. The lowest BCUT2D eigenvalue weighted by molar-refractivity contribution is 0.0998. The maximum Gasteiger partial charge on any atom is 0.279 e. The lowest BCUT2D eigenvalue weighted by Gasteiger charge is -2.09. The van der Waals surface area contributed by atoms with Gasteiger partial charge in [0.2, 0.25) is 6.79 Å². The third-order valence-corrected chi connectivity index (χ3v) is 7.88. The molecule has 35 heavy (non-hydrogen) atoms. The van der Waals surface area contributed by atoms with Gasteiger partial charge in [-0.05, 0) is 55.5 Å². The zero-order valence-corrected chi connectivity index (χ0v) is 20.5. The van der Waals surface area contributed by atoms with Crippen LogP contribution in [0.1, 0.15) is 17.3 Å². The predicted molar refractivity (Wildman–Crippen MR) is 132 cm³/mol. The van der Waals surface area contributed by atoms with Gasteiger partial charge >= 0.3 is 0 Å². The minimum absolute atomic E-state index is 0.101. The average molecular weight is 512 g/mol. The second kappa shape index (κ2) is 9.08. The molecule has 0 unspecified atom stereocenters. The van der Waals surface area contributed by atoms with Crippen LogP contribution in [0.15, 0.2) is 70.6 Å². The van der Waals surface area contributed by atoms with Gasteiger partial charge in [-0.25, -0.2) is 8.42 Å². The van der Waals surface area contributed by atoms with Crippen molar-refractivity contribution in [1.29, 1.82) is 0 Å². The van der Waals surface area contributed by atoms with Crippen LogP contribution in [0.25, 0.3) is 10.2 Å². The molecule has 0 spiro atoms. The van der Waals surface area contributed by atoms with E-state index in [9.17, 15) is 13.2 Å². The molecular formula is C24H21N3O6S2. The molecule has 0 atom stereocenters. The number of thiazole rings is 1. The van der Waals surface area contributed by atoms with Crippen molar-refractivity contribution in [1.82, 2.24) is 4.57 Å². The van der Waals surface area contributed by atoms with Gasteiger partial charge in [0.25, 0.3) is 15.9 Å². The van der Waals surface area contributed by atoms with Crippen LogP contribution in [-0.4, -0.2) is 32.8 Å². The minimum atomic E-state index is -3.78. The maximum atomic E-state index is 12.9. The summed E-state index contributed by atoms with van der Waals surface area (Å²) in [6.45, 7) is 2.79. The Morgan fingerprint density at radius 1 is 1.09 bits per heavy atom. The standard InChI is InChI=1S/C24H21N3O6S2/c1-3-27-19-12-20-21(33-14-32-20)13-22(19)34-24(27)25-23(28)15-4-6-16(7-5-15)26-35(29,30)18-10-8-17(31-2)9-11-18/h4-13,26H,3,14H2,1-2H3. The van der Waals surface area contributed by atoms with Crippen molar-refractivity contribution >= 4 is 43.2 Å². The van der Waals surface area contributed by atoms with Gasteiger partial charge in [0.05, 0.1) is 22.2 Å². The molecule has 0 radical (unpaired) electrons. The normalized spacial score (nSPS) is 13.3. The number of carbonyl (C=O) groups is 1. The molecule has 0 saturated heterocycles. The third-order valence-electron chi connectivity index (χ3n) is 5.44. The number of nitrogens with one attached hydrogen (secondary N) is 1. The zero-order valence-electron chi connectivity index (χ0n) is 18.8. The summed E-state index contributed by atoms with van der Waals surface area (Å²) in [5.74, 6) is 1.48. The fourth-order valence-corrected chi connectivity index (χ4v) is 5.81. The SMILES string of the molecule is CCn1c(=NC(=O)c2ccc(NS(=O)(=O)c3ccc(OC)cc3)cc2)sc2cc3c(cc21)OCO3. The number of aromatic nitrogens is 1. The van der Waals surface area contributed by atoms with Crippen molar-refractivity contribution in [2.75, 3.05) is 18.6 Å². The van der Waals surface area contributed by atoms with Gasteiger partial charge in [0, 0.05) is 29.9 Å². The van der Waals surface area contributed by atoms with Gasteiger partial charge in [-0.3, -0.25) is 9.52 Å². The van der Waals surface area contributed by atoms with Crippen LogP contribution in [0.4, 0.5) is 5.69 Å². The fraction of sp³-hybridized carbons (Fsp3) is 0.167. The van der Waals surface area contributed by atoms with Crippen LogP contribution in [0.5, 0.6) is 17.2 Å².